The van der Waals surface area contributed by atoms with E-state index in [1.165, 1.54) is 57.8 Å². The van der Waals surface area contributed by atoms with E-state index in [4.69, 9.17) is 0 Å². The van der Waals surface area contributed by atoms with Crippen molar-refractivity contribution >= 4 is 12.9 Å². The zero-order valence-corrected chi connectivity index (χ0v) is 14.8. The first kappa shape index (κ1) is 19.1. The molecule has 1 N–H and O–H groups in total. The van der Waals surface area contributed by atoms with E-state index < -0.39 is 0 Å². The van der Waals surface area contributed by atoms with E-state index >= 15 is 0 Å². The van der Waals surface area contributed by atoms with Gasteiger partial charge in [-0.25, -0.2) is 0 Å². The lowest BCUT2D eigenvalue weighted by Crippen LogP contribution is -2.42. The smallest absolute Gasteiger partial charge is 0.0964 e. The maximum absolute atomic E-state index is 4.60. The van der Waals surface area contributed by atoms with Gasteiger partial charge in [0.2, 0.25) is 0 Å². The molecule has 0 saturated heterocycles. The minimum Gasteiger partial charge on any atom is -0.301 e. The van der Waals surface area contributed by atoms with Crippen molar-refractivity contribution in [2.24, 2.45) is 16.0 Å². The molecule has 0 aliphatic carbocycles. The first-order valence-corrected chi connectivity index (χ1v) is 9.28. The maximum atomic E-state index is 4.60. The molecule has 0 bridgehead atoms. The Bertz CT molecular complexity index is 303. The number of hydrazone groups is 1. The van der Waals surface area contributed by atoms with Crippen molar-refractivity contribution in [3.8, 4) is 0 Å². The van der Waals surface area contributed by atoms with Crippen molar-refractivity contribution in [2.45, 2.75) is 77.8 Å². The molecule has 4 nitrogen and oxygen atoms in total. The molecule has 1 rings (SSSR count). The Balaban J connectivity index is 2.07. The molecule has 128 valence electrons. The van der Waals surface area contributed by atoms with E-state index in [0.717, 1.165) is 19.6 Å². The van der Waals surface area contributed by atoms with Gasteiger partial charge < -0.3 is 4.99 Å². The quantitative estimate of drug-likeness (QED) is 0.388. The Morgan fingerprint density at radius 1 is 1.18 bits per heavy atom. The Labute approximate surface area is 137 Å². The third-order valence-corrected chi connectivity index (χ3v) is 4.47. The SMILES string of the molecule is C=NCCCCCCCCCC(NCC)N1CC(CC)C=N1. The van der Waals surface area contributed by atoms with Crippen molar-refractivity contribution in [2.75, 3.05) is 19.6 Å². The molecule has 0 aromatic heterocycles. The molecule has 0 aromatic rings. The Morgan fingerprint density at radius 3 is 2.45 bits per heavy atom. The number of unbranched alkanes of at least 4 members (excludes halogenated alkanes) is 6. The number of nitrogens with zero attached hydrogens (tertiary/aromatic N) is 3. The Hall–Kier alpha value is -0.900. The van der Waals surface area contributed by atoms with Crippen molar-refractivity contribution in [3.63, 3.8) is 0 Å². The third kappa shape index (κ3) is 7.92. The van der Waals surface area contributed by atoms with Crippen LogP contribution in [0.2, 0.25) is 0 Å². The Morgan fingerprint density at radius 2 is 1.86 bits per heavy atom. The second kappa shape index (κ2) is 12.6. The molecule has 22 heavy (non-hydrogen) atoms. The van der Waals surface area contributed by atoms with Crippen LogP contribution in [-0.2, 0) is 0 Å². The average molecular weight is 309 g/mol. The van der Waals surface area contributed by atoms with Gasteiger partial charge in [0.15, 0.2) is 0 Å². The summed E-state index contributed by atoms with van der Waals surface area (Å²) >= 11 is 0. The number of rotatable bonds is 14. The molecule has 1 aliphatic rings. The molecular weight excluding hydrogens is 272 g/mol. The first-order chi connectivity index (χ1) is 10.8. The highest BCUT2D eigenvalue weighted by molar-refractivity contribution is 5.62. The van der Waals surface area contributed by atoms with E-state index in [1.807, 2.05) is 0 Å². The second-order valence-electron chi connectivity index (χ2n) is 6.34. The van der Waals surface area contributed by atoms with Crippen LogP contribution in [0.25, 0.3) is 0 Å². The summed E-state index contributed by atoms with van der Waals surface area (Å²) in [6, 6.07) is 0. The van der Waals surface area contributed by atoms with Crippen LogP contribution >= 0.6 is 0 Å². The fourth-order valence-corrected chi connectivity index (χ4v) is 2.99. The average Bonchev–Trinajstić information content (AvgIpc) is 3.01. The van der Waals surface area contributed by atoms with E-state index in [9.17, 15) is 0 Å². The summed E-state index contributed by atoms with van der Waals surface area (Å²) in [5, 5.41) is 10.4. The maximum Gasteiger partial charge on any atom is 0.0964 e. The fourth-order valence-electron chi connectivity index (χ4n) is 2.99. The highest BCUT2D eigenvalue weighted by Crippen LogP contribution is 2.17. The van der Waals surface area contributed by atoms with Crippen LogP contribution in [0, 0.1) is 5.92 Å². The van der Waals surface area contributed by atoms with E-state index in [0.29, 0.717) is 12.1 Å². The highest BCUT2D eigenvalue weighted by atomic mass is 15.5. The van der Waals surface area contributed by atoms with Gasteiger partial charge in [0.25, 0.3) is 0 Å². The van der Waals surface area contributed by atoms with Gasteiger partial charge in [-0.3, -0.25) is 10.3 Å². The zero-order valence-electron chi connectivity index (χ0n) is 14.8. The van der Waals surface area contributed by atoms with Crippen LogP contribution in [0.4, 0.5) is 0 Å². The van der Waals surface area contributed by atoms with Crippen molar-refractivity contribution < 1.29 is 0 Å². The predicted octanol–water partition coefficient (Wildman–Crippen LogP) is 4.07. The number of hydrogen-bond donors (Lipinski definition) is 1. The van der Waals surface area contributed by atoms with Gasteiger partial charge in [0.05, 0.1) is 6.17 Å². The largest absolute Gasteiger partial charge is 0.301 e. The summed E-state index contributed by atoms with van der Waals surface area (Å²) in [7, 11) is 0. The van der Waals surface area contributed by atoms with Gasteiger partial charge in [0.1, 0.15) is 0 Å². The van der Waals surface area contributed by atoms with Gasteiger partial charge >= 0.3 is 0 Å². The lowest BCUT2D eigenvalue weighted by atomic mass is 10.1. The lowest BCUT2D eigenvalue weighted by molar-refractivity contribution is 0.165. The lowest BCUT2D eigenvalue weighted by Gasteiger charge is -2.27. The first-order valence-electron chi connectivity index (χ1n) is 9.28. The summed E-state index contributed by atoms with van der Waals surface area (Å²) in [5.74, 6) is 0.645. The predicted molar refractivity (Wildman–Crippen MR) is 97.8 cm³/mol. The normalized spacial score (nSPS) is 18.8. The summed E-state index contributed by atoms with van der Waals surface area (Å²) in [5.41, 5.74) is 0. The van der Waals surface area contributed by atoms with Gasteiger partial charge in [-0.2, -0.15) is 5.10 Å². The monoisotopic (exact) mass is 308 g/mol. The zero-order chi connectivity index (χ0) is 16.0. The summed E-state index contributed by atoms with van der Waals surface area (Å²) < 4.78 is 0. The highest BCUT2D eigenvalue weighted by Gasteiger charge is 2.22. The van der Waals surface area contributed by atoms with Crippen molar-refractivity contribution in [3.05, 3.63) is 0 Å². The van der Waals surface area contributed by atoms with Crippen LogP contribution in [0.3, 0.4) is 0 Å². The topological polar surface area (TPSA) is 40.0 Å². The van der Waals surface area contributed by atoms with Crippen molar-refractivity contribution in [1.29, 1.82) is 0 Å². The minimum atomic E-state index is 0.427. The molecule has 4 heteroatoms. The fraction of sp³-hybridized carbons (Fsp3) is 0.889. The second-order valence-corrected chi connectivity index (χ2v) is 6.34. The van der Waals surface area contributed by atoms with Crippen molar-refractivity contribution in [1.82, 2.24) is 10.3 Å². The molecule has 2 atom stereocenters. The molecule has 1 heterocycles. The van der Waals surface area contributed by atoms with E-state index in [-0.39, 0.29) is 0 Å². The van der Waals surface area contributed by atoms with Crippen LogP contribution in [0.15, 0.2) is 10.1 Å². The number of nitrogens with one attached hydrogen (secondary N) is 1. The van der Waals surface area contributed by atoms with Crippen LogP contribution in [0.1, 0.15) is 71.6 Å². The Kier molecular flexibility index (Phi) is 11.0. The number of aliphatic imine (C=N–C) groups is 1. The van der Waals surface area contributed by atoms with Gasteiger partial charge in [-0.05, 0) is 38.9 Å². The standard InChI is InChI=1S/C18H36N4/c1-4-17-15-21-22(16-17)18(20-5-2)13-11-9-7-6-8-10-12-14-19-3/h15,17-18,20H,3-14,16H2,1-2H3. The van der Waals surface area contributed by atoms with Gasteiger partial charge in [0, 0.05) is 25.2 Å². The molecule has 1 aliphatic heterocycles. The summed E-state index contributed by atoms with van der Waals surface area (Å²) in [4.78, 5) is 3.90. The molecule has 2 unspecified atom stereocenters. The summed E-state index contributed by atoms with van der Waals surface area (Å²) in [6.07, 6.45) is 14.2. The molecule has 0 amide bonds. The molecule has 0 fully saturated rings. The van der Waals surface area contributed by atoms with Crippen LogP contribution in [0.5, 0.6) is 0 Å². The minimum absolute atomic E-state index is 0.427. The molecule has 0 aromatic carbocycles. The summed E-state index contributed by atoms with van der Waals surface area (Å²) in [6.45, 7) is 11.0. The molecule has 0 saturated carbocycles. The van der Waals surface area contributed by atoms with Gasteiger partial charge in [-0.15, -0.1) is 0 Å². The van der Waals surface area contributed by atoms with E-state index in [1.54, 1.807) is 0 Å². The van der Waals surface area contributed by atoms with Crippen LogP contribution in [-0.4, -0.2) is 43.7 Å². The third-order valence-electron chi connectivity index (χ3n) is 4.47. The molecule has 0 spiro atoms. The molecular formula is C18H36N4. The number of hydrogen-bond acceptors (Lipinski definition) is 4. The van der Waals surface area contributed by atoms with Gasteiger partial charge in [-0.1, -0.05) is 46.0 Å². The van der Waals surface area contributed by atoms with E-state index in [2.05, 4.69) is 47.2 Å². The van der Waals surface area contributed by atoms with Crippen LogP contribution < -0.4 is 5.32 Å². The molecule has 0 radical (unpaired) electrons.